The summed E-state index contributed by atoms with van der Waals surface area (Å²) < 4.78 is 0. The predicted octanol–water partition coefficient (Wildman–Crippen LogP) is 1.86. The average Bonchev–Trinajstić information content (AvgIpc) is 2.49. The highest BCUT2D eigenvalue weighted by molar-refractivity contribution is 5.94. The number of benzene rings is 1. The number of nitrogens with zero attached hydrogens (tertiary/aromatic N) is 1. The smallest absolute Gasteiger partial charge is 0.251 e. The van der Waals surface area contributed by atoms with Crippen molar-refractivity contribution in [2.45, 2.75) is 32.7 Å². The van der Waals surface area contributed by atoms with E-state index in [0.29, 0.717) is 18.2 Å². The van der Waals surface area contributed by atoms with Crippen molar-refractivity contribution in [2.75, 3.05) is 25.0 Å². The van der Waals surface area contributed by atoms with Gasteiger partial charge in [-0.15, -0.1) is 0 Å². The van der Waals surface area contributed by atoms with Crippen LogP contribution in [0.5, 0.6) is 0 Å². The van der Waals surface area contributed by atoms with Gasteiger partial charge in [0.2, 0.25) is 5.91 Å². The molecule has 2 amide bonds. The molecule has 1 heterocycles. The van der Waals surface area contributed by atoms with Gasteiger partial charge in [0.1, 0.15) is 0 Å². The summed E-state index contributed by atoms with van der Waals surface area (Å²) >= 11 is 0. The van der Waals surface area contributed by atoms with Gasteiger partial charge >= 0.3 is 0 Å². The lowest BCUT2D eigenvalue weighted by atomic mass is 10.0. The van der Waals surface area contributed by atoms with Gasteiger partial charge < -0.3 is 15.5 Å². The summed E-state index contributed by atoms with van der Waals surface area (Å²) in [5, 5.41) is 6.25. The summed E-state index contributed by atoms with van der Waals surface area (Å²) in [5.41, 5.74) is 1.69. The Labute approximate surface area is 125 Å². The maximum atomic E-state index is 11.7. The molecule has 1 aliphatic heterocycles. The second-order valence-corrected chi connectivity index (χ2v) is 5.36. The Kier molecular flexibility index (Phi) is 5.20. The normalized spacial score (nSPS) is 15.6. The molecule has 0 aromatic heterocycles. The van der Waals surface area contributed by atoms with Crippen LogP contribution in [0, 0.1) is 0 Å². The molecule has 1 aliphatic rings. The molecule has 2 rings (SSSR count). The Hall–Kier alpha value is -2.04. The SMILES string of the molecule is CCNC(=O)c1ccc(NC2CCN(C(C)=O)CC2)cc1. The first-order valence-electron chi connectivity index (χ1n) is 7.50. The molecule has 0 aliphatic carbocycles. The van der Waals surface area contributed by atoms with Crippen LogP contribution in [0.25, 0.3) is 0 Å². The summed E-state index contributed by atoms with van der Waals surface area (Å²) in [7, 11) is 0. The third kappa shape index (κ3) is 4.21. The first kappa shape index (κ1) is 15.4. The number of carbonyl (C=O) groups excluding carboxylic acids is 2. The number of rotatable bonds is 4. The van der Waals surface area contributed by atoms with Crippen molar-refractivity contribution in [2.24, 2.45) is 0 Å². The molecule has 21 heavy (non-hydrogen) atoms. The minimum absolute atomic E-state index is 0.0428. The summed E-state index contributed by atoms with van der Waals surface area (Å²) in [6.07, 6.45) is 1.91. The van der Waals surface area contributed by atoms with Crippen LogP contribution < -0.4 is 10.6 Å². The number of hydrogen-bond acceptors (Lipinski definition) is 3. The highest BCUT2D eigenvalue weighted by Gasteiger charge is 2.20. The average molecular weight is 289 g/mol. The molecule has 0 bridgehead atoms. The molecular formula is C16H23N3O2. The maximum absolute atomic E-state index is 11.7. The molecule has 0 atom stereocenters. The van der Waals surface area contributed by atoms with Crippen molar-refractivity contribution in [1.82, 2.24) is 10.2 Å². The van der Waals surface area contributed by atoms with Gasteiger partial charge in [-0.2, -0.15) is 0 Å². The molecule has 0 unspecified atom stereocenters. The minimum atomic E-state index is -0.0428. The largest absolute Gasteiger partial charge is 0.382 e. The van der Waals surface area contributed by atoms with E-state index in [0.717, 1.165) is 31.6 Å². The summed E-state index contributed by atoms with van der Waals surface area (Å²) in [5.74, 6) is 0.110. The van der Waals surface area contributed by atoms with Gasteiger partial charge in [0.25, 0.3) is 5.91 Å². The minimum Gasteiger partial charge on any atom is -0.382 e. The molecule has 0 radical (unpaired) electrons. The number of anilines is 1. The molecule has 1 aromatic carbocycles. The van der Waals surface area contributed by atoms with E-state index in [-0.39, 0.29) is 11.8 Å². The lowest BCUT2D eigenvalue weighted by Crippen LogP contribution is -2.41. The fourth-order valence-electron chi connectivity index (χ4n) is 2.55. The van der Waals surface area contributed by atoms with Crippen LogP contribution in [-0.2, 0) is 4.79 Å². The van der Waals surface area contributed by atoms with Gasteiger partial charge in [0, 0.05) is 43.9 Å². The number of amides is 2. The second-order valence-electron chi connectivity index (χ2n) is 5.36. The molecule has 1 saturated heterocycles. The van der Waals surface area contributed by atoms with Crippen molar-refractivity contribution in [3.63, 3.8) is 0 Å². The lowest BCUT2D eigenvalue weighted by Gasteiger charge is -2.32. The van der Waals surface area contributed by atoms with E-state index in [4.69, 9.17) is 0 Å². The van der Waals surface area contributed by atoms with Crippen LogP contribution in [0.15, 0.2) is 24.3 Å². The molecule has 0 saturated carbocycles. The Balaban J connectivity index is 1.87. The van der Waals surface area contributed by atoms with Crippen molar-refractivity contribution in [3.05, 3.63) is 29.8 Å². The van der Waals surface area contributed by atoms with Gasteiger partial charge in [-0.25, -0.2) is 0 Å². The van der Waals surface area contributed by atoms with Gasteiger partial charge in [-0.05, 0) is 44.0 Å². The van der Waals surface area contributed by atoms with Crippen molar-refractivity contribution < 1.29 is 9.59 Å². The topological polar surface area (TPSA) is 61.4 Å². The monoisotopic (exact) mass is 289 g/mol. The van der Waals surface area contributed by atoms with Gasteiger partial charge in [0.05, 0.1) is 0 Å². The zero-order chi connectivity index (χ0) is 15.2. The van der Waals surface area contributed by atoms with Gasteiger partial charge in [-0.1, -0.05) is 0 Å². The maximum Gasteiger partial charge on any atom is 0.251 e. The highest BCUT2D eigenvalue weighted by atomic mass is 16.2. The summed E-state index contributed by atoms with van der Waals surface area (Å²) in [6.45, 7) is 5.77. The van der Waals surface area contributed by atoms with Crippen LogP contribution in [0.2, 0.25) is 0 Å². The first-order valence-corrected chi connectivity index (χ1v) is 7.50. The number of carbonyl (C=O) groups is 2. The fraction of sp³-hybridized carbons (Fsp3) is 0.500. The van der Waals surface area contributed by atoms with Crippen molar-refractivity contribution in [3.8, 4) is 0 Å². The molecule has 2 N–H and O–H groups in total. The molecule has 1 fully saturated rings. The molecule has 114 valence electrons. The lowest BCUT2D eigenvalue weighted by molar-refractivity contribution is -0.129. The second kappa shape index (κ2) is 7.11. The third-order valence-corrected chi connectivity index (χ3v) is 3.80. The fourth-order valence-corrected chi connectivity index (χ4v) is 2.55. The number of hydrogen-bond donors (Lipinski definition) is 2. The zero-order valence-electron chi connectivity index (χ0n) is 12.7. The number of nitrogens with one attached hydrogen (secondary N) is 2. The van der Waals surface area contributed by atoms with E-state index >= 15 is 0 Å². The van der Waals surface area contributed by atoms with Crippen molar-refractivity contribution in [1.29, 1.82) is 0 Å². The van der Waals surface area contributed by atoms with Crippen LogP contribution >= 0.6 is 0 Å². The van der Waals surface area contributed by atoms with Gasteiger partial charge in [-0.3, -0.25) is 9.59 Å². The highest BCUT2D eigenvalue weighted by Crippen LogP contribution is 2.17. The van der Waals surface area contributed by atoms with Crippen LogP contribution in [0.4, 0.5) is 5.69 Å². The first-order chi connectivity index (χ1) is 10.1. The molecule has 5 heteroatoms. The van der Waals surface area contributed by atoms with E-state index < -0.39 is 0 Å². The predicted molar refractivity (Wildman–Crippen MR) is 83.3 cm³/mol. The van der Waals surface area contributed by atoms with E-state index in [9.17, 15) is 9.59 Å². The Bertz CT molecular complexity index is 491. The molecule has 0 spiro atoms. The summed E-state index contributed by atoms with van der Waals surface area (Å²) in [6, 6.07) is 7.91. The third-order valence-electron chi connectivity index (χ3n) is 3.80. The molecular weight excluding hydrogens is 266 g/mol. The zero-order valence-corrected chi connectivity index (χ0v) is 12.7. The van der Waals surface area contributed by atoms with Crippen LogP contribution in [-0.4, -0.2) is 42.4 Å². The molecule has 5 nitrogen and oxygen atoms in total. The van der Waals surface area contributed by atoms with Crippen LogP contribution in [0.1, 0.15) is 37.0 Å². The Morgan fingerprint density at radius 3 is 2.33 bits per heavy atom. The van der Waals surface area contributed by atoms with E-state index in [2.05, 4.69) is 10.6 Å². The summed E-state index contributed by atoms with van der Waals surface area (Å²) in [4.78, 5) is 24.8. The Morgan fingerprint density at radius 2 is 1.81 bits per heavy atom. The van der Waals surface area contributed by atoms with Crippen LogP contribution in [0.3, 0.4) is 0 Å². The van der Waals surface area contributed by atoms with Crippen molar-refractivity contribution >= 4 is 17.5 Å². The van der Waals surface area contributed by atoms with E-state index in [1.54, 1.807) is 6.92 Å². The molecule has 1 aromatic rings. The quantitative estimate of drug-likeness (QED) is 0.889. The van der Waals surface area contributed by atoms with E-state index in [1.807, 2.05) is 36.1 Å². The number of likely N-dealkylation sites (tertiary alicyclic amines) is 1. The standard InChI is InChI=1S/C16H23N3O2/c1-3-17-16(21)13-4-6-14(7-5-13)18-15-8-10-19(11-9-15)12(2)20/h4-7,15,18H,3,8-11H2,1-2H3,(H,17,21). The Morgan fingerprint density at radius 1 is 1.19 bits per heavy atom. The van der Waals surface area contributed by atoms with E-state index in [1.165, 1.54) is 0 Å². The number of piperidine rings is 1. The van der Waals surface area contributed by atoms with Gasteiger partial charge in [0.15, 0.2) is 0 Å².